The van der Waals surface area contributed by atoms with E-state index >= 15 is 0 Å². The number of halogens is 2. The summed E-state index contributed by atoms with van der Waals surface area (Å²) in [6, 6.07) is 3.38. The SMILES string of the molecule is NCC1(Cc2nc(Cc3cc(F)cc(F)c3)no2)CCC1. The average molecular weight is 293 g/mol. The first kappa shape index (κ1) is 14.1. The second-order valence-electron chi connectivity index (χ2n) is 5.79. The molecule has 1 heterocycles. The van der Waals surface area contributed by atoms with E-state index in [1.807, 2.05) is 0 Å². The molecule has 2 N–H and O–H groups in total. The first-order valence-corrected chi connectivity index (χ1v) is 7.05. The third kappa shape index (κ3) is 3.10. The van der Waals surface area contributed by atoms with Gasteiger partial charge in [0.05, 0.1) is 0 Å². The summed E-state index contributed by atoms with van der Waals surface area (Å²) in [5.74, 6) is -0.232. The molecule has 0 aliphatic heterocycles. The van der Waals surface area contributed by atoms with Crippen LogP contribution in [0.3, 0.4) is 0 Å². The second-order valence-corrected chi connectivity index (χ2v) is 5.79. The van der Waals surface area contributed by atoms with Crippen molar-refractivity contribution in [3.8, 4) is 0 Å². The van der Waals surface area contributed by atoms with Crippen molar-refractivity contribution in [2.75, 3.05) is 6.54 Å². The van der Waals surface area contributed by atoms with Gasteiger partial charge in [-0.15, -0.1) is 0 Å². The summed E-state index contributed by atoms with van der Waals surface area (Å²) in [5.41, 5.74) is 6.38. The molecule has 0 saturated heterocycles. The summed E-state index contributed by atoms with van der Waals surface area (Å²) in [5, 5.41) is 3.88. The van der Waals surface area contributed by atoms with E-state index in [9.17, 15) is 8.78 Å². The Balaban J connectivity index is 1.70. The Morgan fingerprint density at radius 3 is 2.48 bits per heavy atom. The maximum absolute atomic E-state index is 13.1. The lowest BCUT2D eigenvalue weighted by molar-refractivity contribution is 0.129. The van der Waals surface area contributed by atoms with Crippen molar-refractivity contribution in [1.29, 1.82) is 0 Å². The lowest BCUT2D eigenvalue weighted by atomic mass is 9.67. The van der Waals surface area contributed by atoms with E-state index < -0.39 is 11.6 Å². The number of nitrogens with zero attached hydrogens (tertiary/aromatic N) is 2. The van der Waals surface area contributed by atoms with Crippen LogP contribution in [0.25, 0.3) is 0 Å². The molecule has 21 heavy (non-hydrogen) atoms. The number of nitrogens with two attached hydrogens (primary N) is 1. The molecular formula is C15H17F2N3O. The van der Waals surface area contributed by atoms with Gasteiger partial charge < -0.3 is 10.3 Å². The number of benzene rings is 1. The van der Waals surface area contributed by atoms with Crippen LogP contribution in [0.5, 0.6) is 0 Å². The van der Waals surface area contributed by atoms with Gasteiger partial charge in [0.2, 0.25) is 5.89 Å². The lowest BCUT2D eigenvalue weighted by Crippen LogP contribution is -2.39. The first-order valence-electron chi connectivity index (χ1n) is 7.05. The van der Waals surface area contributed by atoms with Crippen LogP contribution < -0.4 is 5.73 Å². The highest BCUT2D eigenvalue weighted by atomic mass is 19.1. The van der Waals surface area contributed by atoms with Crippen LogP contribution in [0.2, 0.25) is 0 Å². The number of rotatable bonds is 5. The van der Waals surface area contributed by atoms with Crippen LogP contribution in [0.15, 0.2) is 22.7 Å². The Morgan fingerprint density at radius 1 is 1.19 bits per heavy atom. The van der Waals surface area contributed by atoms with Crippen LogP contribution in [-0.4, -0.2) is 16.7 Å². The normalized spacial score (nSPS) is 16.7. The van der Waals surface area contributed by atoms with Gasteiger partial charge in [0.1, 0.15) is 11.6 Å². The van der Waals surface area contributed by atoms with E-state index in [0.717, 1.165) is 18.9 Å². The lowest BCUT2D eigenvalue weighted by Gasteiger charge is -2.39. The Morgan fingerprint density at radius 2 is 1.90 bits per heavy atom. The van der Waals surface area contributed by atoms with Gasteiger partial charge >= 0.3 is 0 Å². The Hall–Kier alpha value is -1.82. The zero-order valence-corrected chi connectivity index (χ0v) is 11.6. The fraction of sp³-hybridized carbons (Fsp3) is 0.467. The van der Waals surface area contributed by atoms with Crippen molar-refractivity contribution in [1.82, 2.24) is 10.1 Å². The topological polar surface area (TPSA) is 64.9 Å². The minimum atomic E-state index is -0.606. The van der Waals surface area contributed by atoms with Crippen molar-refractivity contribution >= 4 is 0 Å². The summed E-state index contributed by atoms with van der Waals surface area (Å²) in [6.45, 7) is 0.611. The van der Waals surface area contributed by atoms with Crippen LogP contribution >= 0.6 is 0 Å². The molecule has 3 rings (SSSR count). The Labute approximate surface area is 121 Å². The van der Waals surface area contributed by atoms with E-state index in [1.54, 1.807) is 0 Å². The van der Waals surface area contributed by atoms with Gasteiger partial charge in [-0.25, -0.2) is 8.78 Å². The van der Waals surface area contributed by atoms with E-state index in [4.69, 9.17) is 10.3 Å². The number of aromatic nitrogens is 2. The van der Waals surface area contributed by atoms with E-state index in [1.165, 1.54) is 18.6 Å². The molecule has 2 aromatic rings. The van der Waals surface area contributed by atoms with Crippen LogP contribution in [0.4, 0.5) is 8.78 Å². The molecule has 6 heteroatoms. The van der Waals surface area contributed by atoms with E-state index in [2.05, 4.69) is 10.1 Å². The highest BCUT2D eigenvalue weighted by Gasteiger charge is 2.37. The molecule has 0 spiro atoms. The van der Waals surface area contributed by atoms with Gasteiger partial charge in [0.25, 0.3) is 0 Å². The van der Waals surface area contributed by atoms with Crippen molar-refractivity contribution in [2.24, 2.45) is 11.1 Å². The molecule has 1 aromatic carbocycles. The monoisotopic (exact) mass is 293 g/mol. The zero-order chi connectivity index (χ0) is 14.9. The molecule has 0 amide bonds. The maximum atomic E-state index is 13.1. The van der Waals surface area contributed by atoms with Gasteiger partial charge in [-0.1, -0.05) is 11.6 Å². The molecule has 112 valence electrons. The van der Waals surface area contributed by atoms with Crippen molar-refractivity contribution in [2.45, 2.75) is 32.1 Å². The third-order valence-corrected chi connectivity index (χ3v) is 4.17. The quantitative estimate of drug-likeness (QED) is 0.920. The third-order valence-electron chi connectivity index (χ3n) is 4.17. The maximum Gasteiger partial charge on any atom is 0.227 e. The van der Waals surface area contributed by atoms with Gasteiger partial charge in [0, 0.05) is 18.9 Å². The summed E-state index contributed by atoms with van der Waals surface area (Å²) >= 11 is 0. The van der Waals surface area contributed by atoms with Crippen LogP contribution in [0, 0.1) is 17.0 Å². The van der Waals surface area contributed by atoms with Gasteiger partial charge in [-0.2, -0.15) is 4.98 Å². The summed E-state index contributed by atoms with van der Waals surface area (Å²) < 4.78 is 31.5. The molecule has 1 fully saturated rings. The minimum Gasteiger partial charge on any atom is -0.339 e. The highest BCUT2D eigenvalue weighted by molar-refractivity contribution is 5.21. The summed E-state index contributed by atoms with van der Waals surface area (Å²) in [6.07, 6.45) is 4.26. The standard InChI is InChI=1S/C15H17F2N3O/c16-11-4-10(5-12(17)7-11)6-13-19-14(21-20-13)8-15(9-18)2-1-3-15/h4-5,7H,1-3,6,8-9,18H2. The smallest absolute Gasteiger partial charge is 0.227 e. The van der Waals surface area contributed by atoms with E-state index in [-0.39, 0.29) is 11.8 Å². The molecule has 4 nitrogen and oxygen atoms in total. The van der Waals surface area contributed by atoms with Gasteiger partial charge in [-0.05, 0) is 42.5 Å². The molecule has 0 radical (unpaired) electrons. The van der Waals surface area contributed by atoms with Crippen LogP contribution in [-0.2, 0) is 12.8 Å². The number of hydrogen-bond donors (Lipinski definition) is 1. The van der Waals surface area contributed by atoms with Crippen molar-refractivity contribution < 1.29 is 13.3 Å². The zero-order valence-electron chi connectivity index (χ0n) is 11.6. The fourth-order valence-corrected chi connectivity index (χ4v) is 2.78. The molecule has 0 unspecified atom stereocenters. The molecule has 1 aromatic heterocycles. The highest BCUT2D eigenvalue weighted by Crippen LogP contribution is 2.42. The fourth-order valence-electron chi connectivity index (χ4n) is 2.78. The molecule has 1 saturated carbocycles. The summed E-state index contributed by atoms with van der Waals surface area (Å²) in [4.78, 5) is 4.30. The van der Waals surface area contributed by atoms with Gasteiger partial charge in [-0.3, -0.25) is 0 Å². The first-order chi connectivity index (χ1) is 10.1. The summed E-state index contributed by atoms with van der Waals surface area (Å²) in [7, 11) is 0. The molecule has 0 bridgehead atoms. The van der Waals surface area contributed by atoms with Gasteiger partial charge in [0.15, 0.2) is 5.82 Å². The number of hydrogen-bond acceptors (Lipinski definition) is 4. The van der Waals surface area contributed by atoms with Crippen molar-refractivity contribution in [3.05, 3.63) is 47.1 Å². The molecule has 1 aliphatic carbocycles. The predicted molar refractivity (Wildman–Crippen MR) is 72.5 cm³/mol. The van der Waals surface area contributed by atoms with E-state index in [0.29, 0.717) is 30.2 Å². The van der Waals surface area contributed by atoms with Crippen molar-refractivity contribution in [3.63, 3.8) is 0 Å². The predicted octanol–water partition coefficient (Wildman–Crippen LogP) is 2.61. The second kappa shape index (κ2) is 5.52. The minimum absolute atomic E-state index is 0.0920. The largest absolute Gasteiger partial charge is 0.339 e. The molecular weight excluding hydrogens is 276 g/mol. The molecule has 0 atom stereocenters. The van der Waals surface area contributed by atoms with Crippen LogP contribution in [0.1, 0.15) is 36.5 Å². The Bertz CT molecular complexity index is 612. The Kier molecular flexibility index (Phi) is 3.71. The average Bonchev–Trinajstić information content (AvgIpc) is 2.80. The molecule has 1 aliphatic rings.